The van der Waals surface area contributed by atoms with Gasteiger partial charge >= 0.3 is 0 Å². The molecule has 1 fully saturated rings. The number of benzene rings is 1. The molecule has 0 radical (unpaired) electrons. The Balaban J connectivity index is 1.47. The van der Waals surface area contributed by atoms with E-state index in [-0.39, 0.29) is 12.5 Å². The number of aromatic nitrogens is 4. The van der Waals surface area contributed by atoms with Crippen molar-refractivity contribution < 1.29 is 4.79 Å². The van der Waals surface area contributed by atoms with Crippen LogP contribution < -0.4 is 5.32 Å². The highest BCUT2D eigenvalue weighted by Gasteiger charge is 2.26. The molecule has 0 aliphatic heterocycles. The predicted octanol–water partition coefficient (Wildman–Crippen LogP) is 2.40. The number of carbonyl (C=O) groups excluding carboxylic acids is 1. The van der Waals surface area contributed by atoms with Crippen LogP contribution in [-0.2, 0) is 11.3 Å². The molecule has 0 bridgehead atoms. The Labute approximate surface area is 124 Å². The zero-order valence-electron chi connectivity index (χ0n) is 11.2. The van der Waals surface area contributed by atoms with E-state index < -0.39 is 0 Å². The molecule has 0 spiro atoms. The van der Waals surface area contributed by atoms with E-state index in [2.05, 4.69) is 20.6 Å². The molecular weight excluding hydrogens is 286 g/mol. The topological polar surface area (TPSA) is 72.7 Å². The lowest BCUT2D eigenvalue weighted by Crippen LogP contribution is -2.19. The fraction of sp³-hybridized carbons (Fsp3) is 0.286. The molecule has 21 heavy (non-hydrogen) atoms. The molecule has 0 atom stereocenters. The van der Waals surface area contributed by atoms with Crippen molar-refractivity contribution in [2.75, 3.05) is 5.32 Å². The largest absolute Gasteiger partial charge is 0.300 e. The molecule has 1 amide bonds. The second kappa shape index (κ2) is 4.92. The Bertz CT molecular complexity index is 804. The number of fused-ring (bicyclic) bond motifs is 1. The Morgan fingerprint density at radius 2 is 2.24 bits per heavy atom. The lowest BCUT2D eigenvalue weighted by molar-refractivity contribution is -0.116. The summed E-state index contributed by atoms with van der Waals surface area (Å²) in [4.78, 5) is 16.5. The number of para-hydroxylation sites is 1. The quantitative estimate of drug-likeness (QED) is 0.803. The molecule has 4 rings (SSSR count). The summed E-state index contributed by atoms with van der Waals surface area (Å²) in [6.07, 6.45) is 2.42. The van der Waals surface area contributed by atoms with Gasteiger partial charge in [0, 0.05) is 11.3 Å². The molecule has 1 aliphatic rings. The molecular formula is C14H13N5OS. The van der Waals surface area contributed by atoms with Crippen LogP contribution in [-0.4, -0.2) is 25.9 Å². The standard InChI is InChI=1S/C14H13N5OS/c20-13(16-14-15-11(8-21-14)9-5-6-9)7-19-12-4-2-1-3-10(12)17-18-19/h1-4,8-9H,5-7H2,(H,15,16,20). The summed E-state index contributed by atoms with van der Waals surface area (Å²) in [5, 5.41) is 13.6. The Hall–Kier alpha value is -2.28. The molecule has 0 unspecified atom stereocenters. The smallest absolute Gasteiger partial charge is 0.247 e. The molecule has 2 aromatic heterocycles. The van der Waals surface area contributed by atoms with Crippen molar-refractivity contribution in [2.24, 2.45) is 0 Å². The zero-order chi connectivity index (χ0) is 14.2. The average Bonchev–Trinajstić information content (AvgIpc) is 3.12. The summed E-state index contributed by atoms with van der Waals surface area (Å²) >= 11 is 1.47. The molecule has 0 saturated heterocycles. The van der Waals surface area contributed by atoms with E-state index >= 15 is 0 Å². The van der Waals surface area contributed by atoms with Crippen molar-refractivity contribution >= 4 is 33.4 Å². The van der Waals surface area contributed by atoms with E-state index in [1.54, 1.807) is 4.68 Å². The van der Waals surface area contributed by atoms with Crippen LogP contribution in [0.1, 0.15) is 24.5 Å². The maximum Gasteiger partial charge on any atom is 0.247 e. The molecule has 1 aromatic carbocycles. The van der Waals surface area contributed by atoms with Crippen molar-refractivity contribution in [2.45, 2.75) is 25.3 Å². The number of nitrogens with one attached hydrogen (secondary N) is 1. The summed E-state index contributed by atoms with van der Waals surface area (Å²) in [5.41, 5.74) is 2.74. The van der Waals surface area contributed by atoms with Gasteiger partial charge in [-0.05, 0) is 25.0 Å². The predicted molar refractivity (Wildman–Crippen MR) is 80.2 cm³/mol. The van der Waals surface area contributed by atoms with Gasteiger partial charge in [0.15, 0.2) is 5.13 Å². The van der Waals surface area contributed by atoms with E-state index in [1.807, 2.05) is 29.6 Å². The lowest BCUT2D eigenvalue weighted by Gasteiger charge is -2.02. The highest BCUT2D eigenvalue weighted by Crippen LogP contribution is 2.40. The third kappa shape index (κ3) is 2.52. The van der Waals surface area contributed by atoms with Gasteiger partial charge in [0.2, 0.25) is 5.91 Å². The molecule has 6 nitrogen and oxygen atoms in total. The van der Waals surface area contributed by atoms with E-state index in [0.717, 1.165) is 16.7 Å². The third-order valence-electron chi connectivity index (χ3n) is 3.48. The normalized spacial score (nSPS) is 14.5. The number of carbonyl (C=O) groups is 1. The zero-order valence-corrected chi connectivity index (χ0v) is 12.0. The van der Waals surface area contributed by atoms with Gasteiger partial charge in [-0.15, -0.1) is 16.4 Å². The average molecular weight is 299 g/mol. The van der Waals surface area contributed by atoms with Gasteiger partial charge in [0.05, 0.1) is 11.2 Å². The number of nitrogens with zero attached hydrogens (tertiary/aromatic N) is 4. The lowest BCUT2D eigenvalue weighted by atomic mass is 10.3. The van der Waals surface area contributed by atoms with Gasteiger partial charge in [-0.25, -0.2) is 9.67 Å². The van der Waals surface area contributed by atoms with Crippen molar-refractivity contribution in [3.8, 4) is 0 Å². The first-order valence-corrected chi connectivity index (χ1v) is 7.71. The molecule has 106 valence electrons. The maximum atomic E-state index is 12.1. The monoisotopic (exact) mass is 299 g/mol. The first-order valence-electron chi connectivity index (χ1n) is 6.83. The van der Waals surface area contributed by atoms with E-state index in [4.69, 9.17) is 0 Å². The minimum absolute atomic E-state index is 0.137. The summed E-state index contributed by atoms with van der Waals surface area (Å²) < 4.78 is 1.60. The van der Waals surface area contributed by atoms with E-state index in [1.165, 1.54) is 24.2 Å². The van der Waals surface area contributed by atoms with Crippen molar-refractivity contribution in [3.05, 3.63) is 35.3 Å². The van der Waals surface area contributed by atoms with Crippen LogP contribution in [0.2, 0.25) is 0 Å². The summed E-state index contributed by atoms with van der Waals surface area (Å²) in [5.74, 6) is 0.466. The van der Waals surface area contributed by atoms with Gasteiger partial charge < -0.3 is 5.32 Å². The third-order valence-corrected chi connectivity index (χ3v) is 4.25. The highest BCUT2D eigenvalue weighted by atomic mass is 32.1. The molecule has 1 N–H and O–H groups in total. The Morgan fingerprint density at radius 1 is 1.38 bits per heavy atom. The second-order valence-electron chi connectivity index (χ2n) is 5.14. The first kappa shape index (κ1) is 12.5. The van der Waals surface area contributed by atoms with Gasteiger partial charge in [0.1, 0.15) is 12.1 Å². The van der Waals surface area contributed by atoms with Crippen molar-refractivity contribution in [1.82, 2.24) is 20.0 Å². The number of anilines is 1. The minimum Gasteiger partial charge on any atom is -0.300 e. The Kier molecular flexibility index (Phi) is 2.92. The SMILES string of the molecule is O=C(Cn1nnc2ccccc21)Nc1nc(C2CC2)cs1. The summed E-state index contributed by atoms with van der Waals surface area (Å²) in [6.45, 7) is 0.138. The molecule has 1 saturated carbocycles. The van der Waals surface area contributed by atoms with Crippen molar-refractivity contribution in [3.63, 3.8) is 0 Å². The van der Waals surface area contributed by atoms with E-state index in [9.17, 15) is 4.79 Å². The second-order valence-corrected chi connectivity index (χ2v) is 5.99. The molecule has 2 heterocycles. The van der Waals surface area contributed by atoms with Gasteiger partial charge in [-0.2, -0.15) is 0 Å². The fourth-order valence-electron chi connectivity index (χ4n) is 2.24. The molecule has 7 heteroatoms. The van der Waals surface area contributed by atoms with Crippen LogP contribution in [0.25, 0.3) is 11.0 Å². The number of hydrogen-bond acceptors (Lipinski definition) is 5. The minimum atomic E-state index is -0.137. The van der Waals surface area contributed by atoms with Crippen LogP contribution in [0.4, 0.5) is 5.13 Å². The molecule has 3 aromatic rings. The number of amides is 1. The van der Waals surface area contributed by atoms with E-state index in [0.29, 0.717) is 11.0 Å². The summed E-state index contributed by atoms with van der Waals surface area (Å²) in [6, 6.07) is 7.58. The number of thiazole rings is 1. The number of hydrogen-bond donors (Lipinski definition) is 1. The van der Waals surface area contributed by atoms with Crippen LogP contribution >= 0.6 is 11.3 Å². The fourth-order valence-corrected chi connectivity index (χ4v) is 3.05. The van der Waals surface area contributed by atoms with Crippen LogP contribution in [0.5, 0.6) is 0 Å². The summed E-state index contributed by atoms with van der Waals surface area (Å²) in [7, 11) is 0. The first-order chi connectivity index (χ1) is 10.3. The van der Waals surface area contributed by atoms with Gasteiger partial charge in [-0.1, -0.05) is 17.3 Å². The van der Waals surface area contributed by atoms with Crippen LogP contribution in [0, 0.1) is 0 Å². The van der Waals surface area contributed by atoms with Crippen LogP contribution in [0.15, 0.2) is 29.6 Å². The highest BCUT2D eigenvalue weighted by molar-refractivity contribution is 7.13. The van der Waals surface area contributed by atoms with Gasteiger partial charge in [-0.3, -0.25) is 4.79 Å². The molecule has 1 aliphatic carbocycles. The van der Waals surface area contributed by atoms with Crippen molar-refractivity contribution in [1.29, 1.82) is 0 Å². The number of rotatable bonds is 4. The maximum absolute atomic E-state index is 12.1. The Morgan fingerprint density at radius 3 is 3.10 bits per heavy atom. The van der Waals surface area contributed by atoms with Gasteiger partial charge in [0.25, 0.3) is 0 Å². The van der Waals surface area contributed by atoms with Crippen LogP contribution in [0.3, 0.4) is 0 Å².